The van der Waals surface area contributed by atoms with Gasteiger partial charge in [-0.05, 0) is 29.7 Å². The van der Waals surface area contributed by atoms with Crippen LogP contribution in [-0.2, 0) is 4.74 Å². The predicted molar refractivity (Wildman–Crippen MR) is 111 cm³/mol. The monoisotopic (exact) mass is 393 g/mol. The Bertz CT molecular complexity index is 936. The Balaban J connectivity index is 1.55. The van der Waals surface area contributed by atoms with Gasteiger partial charge in [0.2, 0.25) is 0 Å². The Morgan fingerprint density at radius 1 is 1.03 bits per heavy atom. The first-order valence-corrected chi connectivity index (χ1v) is 9.78. The Hall–Kier alpha value is -3.19. The minimum atomic E-state index is -0.401. The average Bonchev–Trinajstić information content (AvgIpc) is 2.79. The number of anilines is 1. The molecule has 150 valence electrons. The van der Waals surface area contributed by atoms with Crippen molar-refractivity contribution < 1.29 is 14.5 Å². The van der Waals surface area contributed by atoms with Gasteiger partial charge in [-0.1, -0.05) is 36.4 Å². The van der Waals surface area contributed by atoms with Gasteiger partial charge in [0.1, 0.15) is 5.69 Å². The second-order valence-electron chi connectivity index (χ2n) is 7.16. The molecule has 1 saturated heterocycles. The molecule has 29 heavy (non-hydrogen) atoms. The highest BCUT2D eigenvalue weighted by molar-refractivity contribution is 5.96. The van der Waals surface area contributed by atoms with Crippen molar-refractivity contribution in [3.05, 3.63) is 75.8 Å². The third kappa shape index (κ3) is 4.14. The van der Waals surface area contributed by atoms with Crippen molar-refractivity contribution in [1.82, 2.24) is 4.90 Å². The summed E-state index contributed by atoms with van der Waals surface area (Å²) >= 11 is 0. The van der Waals surface area contributed by atoms with Crippen LogP contribution in [-0.4, -0.2) is 55.1 Å². The van der Waals surface area contributed by atoms with E-state index < -0.39 is 4.92 Å². The van der Waals surface area contributed by atoms with Crippen molar-refractivity contribution in [2.45, 2.75) is 6.42 Å². The van der Waals surface area contributed by atoms with Gasteiger partial charge in [-0.15, -0.1) is 0 Å². The molecule has 4 rings (SSSR count). The van der Waals surface area contributed by atoms with Crippen LogP contribution in [0.25, 0.3) is 5.57 Å². The molecule has 0 bridgehead atoms. The van der Waals surface area contributed by atoms with E-state index in [1.165, 1.54) is 17.2 Å². The number of nitro benzene ring substituents is 1. The molecule has 0 spiro atoms. The Kier molecular flexibility index (Phi) is 5.57. The van der Waals surface area contributed by atoms with Crippen molar-refractivity contribution in [1.29, 1.82) is 0 Å². The molecule has 0 saturated carbocycles. The summed E-state index contributed by atoms with van der Waals surface area (Å²) in [5.41, 5.74) is 3.31. The molecule has 0 aliphatic carbocycles. The molecular weight excluding hydrogens is 370 g/mol. The molecule has 2 aliphatic heterocycles. The molecule has 0 N–H and O–H groups in total. The zero-order chi connectivity index (χ0) is 20.2. The molecule has 7 heteroatoms. The van der Waals surface area contributed by atoms with Gasteiger partial charge >= 0.3 is 0 Å². The van der Waals surface area contributed by atoms with Crippen LogP contribution in [0.15, 0.2) is 54.6 Å². The molecule has 0 radical (unpaired) electrons. The topological polar surface area (TPSA) is 75.9 Å². The van der Waals surface area contributed by atoms with E-state index >= 15 is 0 Å². The molecule has 0 atom stereocenters. The van der Waals surface area contributed by atoms with Gasteiger partial charge in [0.15, 0.2) is 0 Å². The molecule has 0 unspecified atom stereocenters. The van der Waals surface area contributed by atoms with Crippen LogP contribution in [0.3, 0.4) is 0 Å². The number of nitro groups is 1. The summed E-state index contributed by atoms with van der Waals surface area (Å²) < 4.78 is 5.27. The third-order valence-electron chi connectivity index (χ3n) is 5.41. The Morgan fingerprint density at radius 2 is 1.79 bits per heavy atom. The first-order valence-electron chi connectivity index (χ1n) is 9.78. The zero-order valence-electron chi connectivity index (χ0n) is 16.1. The van der Waals surface area contributed by atoms with Crippen LogP contribution in [0.4, 0.5) is 11.4 Å². The lowest BCUT2D eigenvalue weighted by molar-refractivity contribution is -0.384. The number of amides is 1. The minimum absolute atomic E-state index is 0.0272. The number of carbonyl (C=O) groups is 1. The van der Waals surface area contributed by atoms with Gasteiger partial charge in [0.05, 0.1) is 18.1 Å². The van der Waals surface area contributed by atoms with E-state index in [1.807, 2.05) is 23.1 Å². The van der Waals surface area contributed by atoms with E-state index in [2.05, 4.69) is 18.2 Å². The summed E-state index contributed by atoms with van der Waals surface area (Å²) in [7, 11) is 0. The fraction of sp³-hybridized carbons (Fsp3) is 0.318. The molecular formula is C22H23N3O4. The van der Waals surface area contributed by atoms with Crippen LogP contribution >= 0.6 is 0 Å². The molecule has 2 aliphatic rings. The standard InChI is InChI=1S/C22H23N3O4/c26-22(24-12-14-29-15-13-24)19-6-7-20(21(16-19)25(27)28)23-10-8-18(9-11-23)17-4-2-1-3-5-17/h1-8,16H,9-15H2. The normalized spacial score (nSPS) is 17.0. The summed E-state index contributed by atoms with van der Waals surface area (Å²) in [5, 5.41) is 11.7. The van der Waals surface area contributed by atoms with Crippen molar-refractivity contribution in [3.8, 4) is 0 Å². The Labute approximate surface area is 169 Å². The van der Waals surface area contributed by atoms with Crippen LogP contribution in [0.5, 0.6) is 0 Å². The molecule has 1 fully saturated rings. The second kappa shape index (κ2) is 8.45. The zero-order valence-corrected chi connectivity index (χ0v) is 16.1. The van der Waals surface area contributed by atoms with Gasteiger partial charge in [-0.2, -0.15) is 0 Å². The maximum Gasteiger partial charge on any atom is 0.293 e. The highest BCUT2D eigenvalue weighted by Crippen LogP contribution is 2.33. The quantitative estimate of drug-likeness (QED) is 0.588. The smallest absolute Gasteiger partial charge is 0.293 e. The van der Waals surface area contributed by atoms with Crippen LogP contribution in [0.2, 0.25) is 0 Å². The Morgan fingerprint density at radius 3 is 2.45 bits per heavy atom. The van der Waals surface area contributed by atoms with Crippen molar-refractivity contribution in [2.75, 3.05) is 44.3 Å². The van der Waals surface area contributed by atoms with Gasteiger partial charge in [-0.3, -0.25) is 14.9 Å². The van der Waals surface area contributed by atoms with Crippen LogP contribution in [0, 0.1) is 10.1 Å². The lowest BCUT2D eigenvalue weighted by Crippen LogP contribution is -2.40. The van der Waals surface area contributed by atoms with Crippen molar-refractivity contribution in [3.63, 3.8) is 0 Å². The van der Waals surface area contributed by atoms with E-state index in [0.717, 1.165) is 6.42 Å². The van der Waals surface area contributed by atoms with Crippen molar-refractivity contribution in [2.24, 2.45) is 0 Å². The summed E-state index contributed by atoms with van der Waals surface area (Å²) in [5.74, 6) is -0.187. The average molecular weight is 393 g/mol. The van der Waals surface area contributed by atoms with E-state index in [0.29, 0.717) is 50.6 Å². The molecule has 7 nitrogen and oxygen atoms in total. The number of ether oxygens (including phenoxy) is 1. The first kappa shape index (κ1) is 19.1. The van der Waals surface area contributed by atoms with E-state index in [1.54, 1.807) is 17.0 Å². The number of nitrogens with zero attached hydrogens (tertiary/aromatic N) is 3. The number of rotatable bonds is 4. The fourth-order valence-corrected chi connectivity index (χ4v) is 3.82. The lowest BCUT2D eigenvalue weighted by atomic mass is 9.99. The van der Waals surface area contributed by atoms with Gasteiger partial charge in [-0.25, -0.2) is 0 Å². The van der Waals surface area contributed by atoms with E-state index in [9.17, 15) is 14.9 Å². The fourth-order valence-electron chi connectivity index (χ4n) is 3.82. The summed E-state index contributed by atoms with van der Waals surface area (Å²) in [6.45, 7) is 3.30. The molecule has 2 heterocycles. The van der Waals surface area contributed by atoms with E-state index in [-0.39, 0.29) is 11.6 Å². The number of hydrogen-bond acceptors (Lipinski definition) is 5. The maximum atomic E-state index is 12.7. The van der Waals surface area contributed by atoms with Gasteiger partial charge < -0.3 is 14.5 Å². The highest BCUT2D eigenvalue weighted by atomic mass is 16.6. The maximum absolute atomic E-state index is 12.7. The molecule has 1 amide bonds. The third-order valence-corrected chi connectivity index (χ3v) is 5.41. The summed E-state index contributed by atoms with van der Waals surface area (Å²) in [6.07, 6.45) is 2.94. The van der Waals surface area contributed by atoms with Crippen molar-refractivity contribution >= 4 is 22.9 Å². The van der Waals surface area contributed by atoms with Crippen LogP contribution < -0.4 is 4.90 Å². The minimum Gasteiger partial charge on any atom is -0.378 e. The SMILES string of the molecule is O=C(c1ccc(N2CC=C(c3ccccc3)CC2)c([N+](=O)[O-])c1)N1CCOCC1. The van der Waals surface area contributed by atoms with Gasteiger partial charge in [0.25, 0.3) is 11.6 Å². The number of hydrogen-bond donors (Lipinski definition) is 0. The largest absolute Gasteiger partial charge is 0.378 e. The lowest BCUT2D eigenvalue weighted by Gasteiger charge is -2.29. The molecule has 2 aromatic rings. The van der Waals surface area contributed by atoms with Crippen LogP contribution in [0.1, 0.15) is 22.3 Å². The molecule has 0 aromatic heterocycles. The predicted octanol–water partition coefficient (Wildman–Crippen LogP) is 3.36. The number of morpholine rings is 1. The summed E-state index contributed by atoms with van der Waals surface area (Å²) in [6, 6.07) is 15.0. The van der Waals surface area contributed by atoms with E-state index in [4.69, 9.17) is 4.74 Å². The second-order valence-corrected chi connectivity index (χ2v) is 7.16. The van der Waals surface area contributed by atoms with Gasteiger partial charge in [0, 0.05) is 37.8 Å². The number of benzene rings is 2. The molecule has 2 aromatic carbocycles. The first-order chi connectivity index (χ1) is 14.1. The number of carbonyl (C=O) groups excluding carboxylic acids is 1. The highest BCUT2D eigenvalue weighted by Gasteiger charge is 2.25. The summed E-state index contributed by atoms with van der Waals surface area (Å²) in [4.78, 5) is 27.7.